The number of furan rings is 1. The first kappa shape index (κ1) is 18.7. The van der Waals surface area contributed by atoms with Crippen LogP contribution in [-0.2, 0) is 23.8 Å². The smallest absolute Gasteiger partial charge is 0.416 e. The van der Waals surface area contributed by atoms with Crippen molar-refractivity contribution in [3.8, 4) is 11.1 Å². The highest BCUT2D eigenvalue weighted by atomic mass is 19.4. The second-order valence-electron chi connectivity index (χ2n) is 7.59. The van der Waals surface area contributed by atoms with E-state index in [2.05, 4.69) is 5.32 Å². The van der Waals surface area contributed by atoms with E-state index >= 15 is 0 Å². The number of halogens is 3. The van der Waals surface area contributed by atoms with E-state index in [4.69, 9.17) is 4.42 Å². The summed E-state index contributed by atoms with van der Waals surface area (Å²) in [6.45, 7) is 0. The molecule has 1 amide bonds. The first-order valence-corrected chi connectivity index (χ1v) is 9.86. The molecule has 0 saturated heterocycles. The van der Waals surface area contributed by atoms with Crippen LogP contribution in [0.3, 0.4) is 0 Å². The van der Waals surface area contributed by atoms with Gasteiger partial charge in [0.1, 0.15) is 11.5 Å². The summed E-state index contributed by atoms with van der Waals surface area (Å²) in [5.74, 6) is 0.982. The molecule has 0 spiro atoms. The lowest BCUT2D eigenvalue weighted by Crippen LogP contribution is -2.04. The number of alkyl halides is 3. The molecule has 0 saturated carbocycles. The lowest BCUT2D eigenvalue weighted by Gasteiger charge is -2.11. The topological polar surface area (TPSA) is 42.2 Å². The van der Waals surface area contributed by atoms with E-state index in [0.29, 0.717) is 11.4 Å². The Labute approximate surface area is 171 Å². The molecule has 2 heterocycles. The molecule has 5 rings (SSSR count). The molecule has 1 N–H and O–H groups in total. The quantitative estimate of drug-likeness (QED) is 0.502. The molecular weight excluding hydrogens is 391 g/mol. The zero-order chi connectivity index (χ0) is 20.9. The second-order valence-corrected chi connectivity index (χ2v) is 7.59. The van der Waals surface area contributed by atoms with Crippen LogP contribution in [0.4, 0.5) is 18.9 Å². The number of rotatable bonds is 2. The predicted molar refractivity (Wildman–Crippen MR) is 109 cm³/mol. The molecule has 6 heteroatoms. The Bertz CT molecular complexity index is 1170. The van der Waals surface area contributed by atoms with Crippen LogP contribution in [0.15, 0.2) is 52.9 Å². The van der Waals surface area contributed by atoms with Crippen molar-refractivity contribution < 1.29 is 22.4 Å². The Morgan fingerprint density at radius 3 is 2.53 bits per heavy atom. The van der Waals surface area contributed by atoms with Crippen molar-refractivity contribution in [2.75, 3.05) is 5.32 Å². The molecule has 2 aromatic carbocycles. The molecule has 0 fully saturated rings. The van der Waals surface area contributed by atoms with Gasteiger partial charge in [0.05, 0.1) is 11.1 Å². The number of hydrogen-bond acceptors (Lipinski definition) is 2. The van der Waals surface area contributed by atoms with E-state index in [9.17, 15) is 18.0 Å². The van der Waals surface area contributed by atoms with Crippen molar-refractivity contribution in [2.24, 2.45) is 0 Å². The van der Waals surface area contributed by atoms with Crippen LogP contribution in [0, 0.1) is 0 Å². The van der Waals surface area contributed by atoms with Crippen LogP contribution in [0.2, 0.25) is 0 Å². The fourth-order valence-corrected chi connectivity index (χ4v) is 4.25. The highest BCUT2D eigenvalue weighted by molar-refractivity contribution is 6.35. The highest BCUT2D eigenvalue weighted by Gasteiger charge is 2.34. The molecule has 0 atom stereocenters. The van der Waals surface area contributed by atoms with Crippen LogP contribution in [0.25, 0.3) is 22.8 Å². The van der Waals surface area contributed by atoms with Gasteiger partial charge in [0.25, 0.3) is 5.91 Å². The summed E-state index contributed by atoms with van der Waals surface area (Å²) in [7, 11) is 0. The monoisotopic (exact) mass is 409 g/mol. The molecule has 3 aromatic rings. The first-order valence-electron chi connectivity index (χ1n) is 9.86. The average molecular weight is 409 g/mol. The molecule has 0 radical (unpaired) electrons. The van der Waals surface area contributed by atoms with Crippen LogP contribution >= 0.6 is 0 Å². The average Bonchev–Trinajstić information content (AvgIpc) is 3.25. The molecule has 2 aliphatic rings. The van der Waals surface area contributed by atoms with Crippen LogP contribution in [0.5, 0.6) is 0 Å². The summed E-state index contributed by atoms with van der Waals surface area (Å²) in [6, 6.07) is 13.0. The third-order valence-electron chi connectivity index (χ3n) is 5.67. The molecular formula is C24H18F3NO2. The zero-order valence-electron chi connectivity index (χ0n) is 16.0. The summed E-state index contributed by atoms with van der Waals surface area (Å²) in [5, 5.41) is 2.65. The van der Waals surface area contributed by atoms with E-state index in [1.807, 2.05) is 30.3 Å². The lowest BCUT2D eigenvalue weighted by atomic mass is 9.91. The van der Waals surface area contributed by atoms with Crippen LogP contribution in [0.1, 0.15) is 41.1 Å². The molecule has 152 valence electrons. The Balaban J connectivity index is 1.68. The van der Waals surface area contributed by atoms with E-state index in [-0.39, 0.29) is 11.1 Å². The van der Waals surface area contributed by atoms with Crippen molar-refractivity contribution >= 4 is 23.2 Å². The molecule has 0 unspecified atom stereocenters. The molecule has 3 nitrogen and oxygen atoms in total. The summed E-state index contributed by atoms with van der Waals surface area (Å²) >= 11 is 0. The number of fused-ring (bicyclic) bond motifs is 2. The largest absolute Gasteiger partial charge is 0.461 e. The van der Waals surface area contributed by atoms with Crippen molar-refractivity contribution in [2.45, 2.75) is 31.9 Å². The van der Waals surface area contributed by atoms with Crippen molar-refractivity contribution in [1.82, 2.24) is 0 Å². The zero-order valence-corrected chi connectivity index (χ0v) is 16.0. The van der Waals surface area contributed by atoms with E-state index in [1.165, 1.54) is 6.07 Å². The summed E-state index contributed by atoms with van der Waals surface area (Å²) in [6.07, 6.45) is 0.892. The Kier molecular flexibility index (Phi) is 4.31. The summed E-state index contributed by atoms with van der Waals surface area (Å²) < 4.78 is 45.7. The van der Waals surface area contributed by atoms with Gasteiger partial charge in [-0.15, -0.1) is 0 Å². The first-order chi connectivity index (χ1) is 14.4. The summed E-state index contributed by atoms with van der Waals surface area (Å²) in [5.41, 5.74) is 3.03. The third-order valence-corrected chi connectivity index (χ3v) is 5.67. The summed E-state index contributed by atoms with van der Waals surface area (Å²) in [4.78, 5) is 12.6. The number of amides is 1. The standard InChI is InChI=1S/C24H18F3NO2/c25-24(26,27)15-10-11-19-17(12-15)18(23(29)28-19)13-21-22(14-6-2-1-3-7-14)16-8-4-5-9-20(16)30-21/h1-3,6-7,10-13H,4-5,8-9H2,(H,28,29). The number of nitrogens with one attached hydrogen (secondary N) is 1. The molecule has 1 aromatic heterocycles. The van der Waals surface area contributed by atoms with Gasteiger partial charge < -0.3 is 9.73 Å². The van der Waals surface area contributed by atoms with Crippen molar-refractivity contribution in [1.29, 1.82) is 0 Å². The fraction of sp³-hybridized carbons (Fsp3) is 0.208. The SMILES string of the molecule is O=C1Nc2ccc(C(F)(F)F)cc2C1=Cc1oc2c(c1-c1ccccc1)CCCC2. The van der Waals surface area contributed by atoms with Crippen molar-refractivity contribution in [3.63, 3.8) is 0 Å². The number of aryl methyl sites for hydroxylation is 1. The van der Waals surface area contributed by atoms with E-state index in [1.54, 1.807) is 6.08 Å². The molecule has 0 bridgehead atoms. The highest BCUT2D eigenvalue weighted by Crippen LogP contribution is 2.42. The van der Waals surface area contributed by atoms with Crippen molar-refractivity contribution in [3.05, 3.63) is 76.7 Å². The van der Waals surface area contributed by atoms with Gasteiger partial charge in [-0.3, -0.25) is 4.79 Å². The minimum Gasteiger partial charge on any atom is -0.461 e. The molecule has 1 aliphatic carbocycles. The molecule has 30 heavy (non-hydrogen) atoms. The second kappa shape index (κ2) is 6.90. The number of benzene rings is 2. The van der Waals surface area contributed by atoms with Gasteiger partial charge in [-0.25, -0.2) is 0 Å². The van der Waals surface area contributed by atoms with E-state index < -0.39 is 17.6 Å². The Morgan fingerprint density at radius 1 is 1.00 bits per heavy atom. The van der Waals surface area contributed by atoms with Gasteiger partial charge >= 0.3 is 6.18 Å². The van der Waals surface area contributed by atoms with Crippen LogP contribution < -0.4 is 5.32 Å². The van der Waals surface area contributed by atoms with Gasteiger partial charge in [0, 0.05) is 28.8 Å². The lowest BCUT2D eigenvalue weighted by molar-refractivity contribution is -0.137. The molecule has 1 aliphatic heterocycles. The van der Waals surface area contributed by atoms with Gasteiger partial charge in [-0.05, 0) is 49.1 Å². The number of hydrogen-bond donors (Lipinski definition) is 1. The number of carbonyl (C=O) groups excluding carboxylic acids is 1. The van der Waals surface area contributed by atoms with E-state index in [0.717, 1.165) is 60.3 Å². The van der Waals surface area contributed by atoms with Crippen LogP contribution in [-0.4, -0.2) is 5.91 Å². The number of carbonyl (C=O) groups is 1. The maximum atomic E-state index is 13.2. The van der Waals surface area contributed by atoms with Gasteiger partial charge in [-0.2, -0.15) is 13.2 Å². The van der Waals surface area contributed by atoms with Gasteiger partial charge in [-0.1, -0.05) is 30.3 Å². The maximum Gasteiger partial charge on any atom is 0.416 e. The minimum atomic E-state index is -4.48. The minimum absolute atomic E-state index is 0.180. The normalized spacial score (nSPS) is 17.0. The fourth-order valence-electron chi connectivity index (χ4n) is 4.25. The Hall–Kier alpha value is -3.28. The maximum absolute atomic E-state index is 13.2. The third kappa shape index (κ3) is 3.12. The predicted octanol–water partition coefficient (Wildman–Crippen LogP) is 6.34. The van der Waals surface area contributed by atoms with Gasteiger partial charge in [0.2, 0.25) is 0 Å². The van der Waals surface area contributed by atoms with Gasteiger partial charge in [0.15, 0.2) is 0 Å². The Morgan fingerprint density at radius 2 is 1.77 bits per heavy atom. The number of anilines is 1.